The third-order valence-corrected chi connectivity index (χ3v) is 7.16. The average molecular weight is 509 g/mol. The molecule has 1 aliphatic heterocycles. The van der Waals surface area contributed by atoms with Gasteiger partial charge in [-0.1, -0.05) is 42.5 Å². The molecule has 0 spiro atoms. The van der Waals surface area contributed by atoms with Crippen molar-refractivity contribution in [2.75, 3.05) is 19.0 Å². The van der Waals surface area contributed by atoms with Crippen molar-refractivity contribution in [2.24, 2.45) is 7.05 Å². The molecule has 1 fully saturated rings. The highest BCUT2D eigenvalue weighted by Gasteiger charge is 2.32. The number of carbonyl (C=O) groups is 2. The molecule has 1 saturated heterocycles. The fourth-order valence-corrected chi connectivity index (χ4v) is 4.96. The number of rotatable bonds is 7. The zero-order valence-electron chi connectivity index (χ0n) is 19.5. The first-order chi connectivity index (χ1) is 16.8. The van der Waals surface area contributed by atoms with Gasteiger partial charge >= 0.3 is 0 Å². The molecule has 35 heavy (non-hydrogen) atoms. The standard InChI is InChI=1S/C25H24N4O4S2/c1-16-22(23(31)29(27(16)2)18-7-5-4-6-8-18)26-21(30)13-14-28-24(34)20(35-25(28)32)15-17-9-11-19(33-3)12-10-17/h4-12,15H,13-14H2,1-3H3,(H,26,30)/b20-15+. The van der Waals surface area contributed by atoms with Gasteiger partial charge in [-0.15, -0.1) is 0 Å². The van der Waals surface area contributed by atoms with Crippen LogP contribution in [0.1, 0.15) is 17.7 Å². The van der Waals surface area contributed by atoms with E-state index < -0.39 is 0 Å². The largest absolute Gasteiger partial charge is 0.497 e. The number of hydrogen-bond donors (Lipinski definition) is 1. The minimum absolute atomic E-state index is 0.00136. The van der Waals surface area contributed by atoms with Crippen molar-refractivity contribution in [3.63, 3.8) is 0 Å². The van der Waals surface area contributed by atoms with Crippen LogP contribution in [-0.4, -0.2) is 44.1 Å². The summed E-state index contributed by atoms with van der Waals surface area (Å²) in [6, 6.07) is 16.6. The zero-order chi connectivity index (χ0) is 25.1. The van der Waals surface area contributed by atoms with Crippen LogP contribution in [-0.2, 0) is 11.8 Å². The highest BCUT2D eigenvalue weighted by molar-refractivity contribution is 8.19. The van der Waals surface area contributed by atoms with Crippen LogP contribution in [0.15, 0.2) is 64.3 Å². The summed E-state index contributed by atoms with van der Waals surface area (Å²) in [5.74, 6) is 0.367. The molecule has 0 saturated carbocycles. The monoisotopic (exact) mass is 508 g/mol. The van der Waals surface area contributed by atoms with Gasteiger partial charge in [-0.3, -0.25) is 24.0 Å². The number of para-hydroxylation sites is 1. The molecule has 2 heterocycles. The van der Waals surface area contributed by atoms with Gasteiger partial charge in [-0.05, 0) is 54.6 Å². The van der Waals surface area contributed by atoms with E-state index >= 15 is 0 Å². The van der Waals surface area contributed by atoms with Crippen LogP contribution in [0.4, 0.5) is 10.5 Å². The molecule has 1 aliphatic rings. The topological polar surface area (TPSA) is 85.6 Å². The Morgan fingerprint density at radius 2 is 1.80 bits per heavy atom. The normalized spacial score (nSPS) is 14.6. The molecule has 10 heteroatoms. The molecule has 0 bridgehead atoms. The molecule has 8 nitrogen and oxygen atoms in total. The van der Waals surface area contributed by atoms with Crippen molar-refractivity contribution >= 4 is 51.9 Å². The Morgan fingerprint density at radius 3 is 2.46 bits per heavy atom. The Kier molecular flexibility index (Phi) is 7.23. The van der Waals surface area contributed by atoms with E-state index in [1.807, 2.05) is 60.7 Å². The number of benzene rings is 2. The number of methoxy groups -OCH3 is 1. The minimum Gasteiger partial charge on any atom is -0.497 e. The van der Waals surface area contributed by atoms with Gasteiger partial charge in [0, 0.05) is 20.0 Å². The molecule has 180 valence electrons. The predicted octanol–water partition coefficient (Wildman–Crippen LogP) is 4.36. The van der Waals surface area contributed by atoms with Crippen molar-refractivity contribution in [3.8, 4) is 11.4 Å². The molecular weight excluding hydrogens is 484 g/mol. The summed E-state index contributed by atoms with van der Waals surface area (Å²) >= 11 is 6.52. The summed E-state index contributed by atoms with van der Waals surface area (Å²) in [6.45, 7) is 1.89. The summed E-state index contributed by atoms with van der Waals surface area (Å²) in [5.41, 5.74) is 2.10. The molecular formula is C25H24N4O4S2. The van der Waals surface area contributed by atoms with Crippen LogP contribution >= 0.6 is 24.0 Å². The lowest BCUT2D eigenvalue weighted by Crippen LogP contribution is -2.31. The molecule has 4 rings (SSSR count). The highest BCUT2D eigenvalue weighted by Crippen LogP contribution is 2.33. The zero-order valence-corrected chi connectivity index (χ0v) is 21.1. The lowest BCUT2D eigenvalue weighted by molar-refractivity contribution is -0.116. The lowest BCUT2D eigenvalue weighted by Gasteiger charge is -2.14. The predicted molar refractivity (Wildman–Crippen MR) is 142 cm³/mol. The fraction of sp³-hybridized carbons (Fsp3) is 0.200. The lowest BCUT2D eigenvalue weighted by atomic mass is 10.2. The summed E-state index contributed by atoms with van der Waals surface area (Å²) in [5, 5.41) is 2.49. The van der Waals surface area contributed by atoms with Crippen molar-refractivity contribution in [1.82, 2.24) is 14.3 Å². The van der Waals surface area contributed by atoms with Crippen molar-refractivity contribution < 1.29 is 14.3 Å². The number of thiocarbonyl (C=S) groups is 1. The summed E-state index contributed by atoms with van der Waals surface area (Å²) in [4.78, 5) is 40.7. The average Bonchev–Trinajstić information content (AvgIpc) is 3.24. The van der Waals surface area contributed by atoms with Crippen molar-refractivity contribution in [2.45, 2.75) is 13.3 Å². The van der Waals surface area contributed by atoms with E-state index in [2.05, 4.69) is 5.32 Å². The third kappa shape index (κ3) is 5.08. The molecule has 2 aromatic carbocycles. The molecule has 2 amide bonds. The van der Waals surface area contributed by atoms with Crippen LogP contribution in [0.5, 0.6) is 5.75 Å². The Labute approximate surface area is 212 Å². The van der Waals surface area contributed by atoms with Crippen LogP contribution < -0.4 is 15.6 Å². The Balaban J connectivity index is 1.43. The van der Waals surface area contributed by atoms with Gasteiger partial charge in [-0.2, -0.15) is 0 Å². The first-order valence-corrected chi connectivity index (χ1v) is 12.1. The second-order valence-corrected chi connectivity index (χ2v) is 9.22. The van der Waals surface area contributed by atoms with Gasteiger partial charge in [0.2, 0.25) is 5.91 Å². The summed E-state index contributed by atoms with van der Waals surface area (Å²) in [6.07, 6.45) is 1.84. The second kappa shape index (κ2) is 10.3. The Bertz CT molecular complexity index is 1370. The number of nitrogens with zero attached hydrogens (tertiary/aromatic N) is 3. The minimum atomic E-state index is -0.371. The number of ether oxygens (including phenoxy) is 1. The maximum atomic E-state index is 13.0. The highest BCUT2D eigenvalue weighted by atomic mass is 32.2. The number of anilines is 1. The first kappa shape index (κ1) is 24.5. The van der Waals surface area contributed by atoms with Gasteiger partial charge in [0.15, 0.2) is 0 Å². The maximum Gasteiger partial charge on any atom is 0.295 e. The van der Waals surface area contributed by atoms with Gasteiger partial charge in [0.05, 0.1) is 23.4 Å². The van der Waals surface area contributed by atoms with Crippen molar-refractivity contribution in [1.29, 1.82) is 0 Å². The van der Waals surface area contributed by atoms with E-state index in [1.54, 1.807) is 25.8 Å². The molecule has 0 aliphatic carbocycles. The molecule has 1 N–H and O–H groups in total. The summed E-state index contributed by atoms with van der Waals surface area (Å²) < 4.78 is 8.35. The van der Waals surface area contributed by atoms with Gasteiger partial charge in [0.25, 0.3) is 10.8 Å². The van der Waals surface area contributed by atoms with Gasteiger partial charge in [0.1, 0.15) is 16.4 Å². The second-order valence-electron chi connectivity index (χ2n) is 7.84. The smallest absolute Gasteiger partial charge is 0.295 e. The maximum absolute atomic E-state index is 13.0. The van der Waals surface area contributed by atoms with Crippen LogP contribution in [0.3, 0.4) is 0 Å². The quantitative estimate of drug-likeness (QED) is 0.377. The molecule has 0 unspecified atom stereocenters. The van der Waals surface area contributed by atoms with Crippen molar-refractivity contribution in [3.05, 3.63) is 81.1 Å². The van der Waals surface area contributed by atoms with E-state index in [0.29, 0.717) is 21.3 Å². The number of carbonyl (C=O) groups excluding carboxylic acids is 2. The van der Waals surface area contributed by atoms with E-state index in [9.17, 15) is 14.4 Å². The van der Waals surface area contributed by atoms with E-state index in [1.165, 1.54) is 9.58 Å². The van der Waals surface area contributed by atoms with E-state index in [-0.39, 0.29) is 35.4 Å². The molecule has 0 radical (unpaired) electrons. The first-order valence-electron chi connectivity index (χ1n) is 10.8. The van der Waals surface area contributed by atoms with Gasteiger partial charge in [-0.25, -0.2) is 4.68 Å². The number of amides is 2. The van der Waals surface area contributed by atoms with E-state index in [0.717, 1.165) is 23.1 Å². The van der Waals surface area contributed by atoms with Crippen LogP contribution in [0.25, 0.3) is 11.8 Å². The van der Waals surface area contributed by atoms with E-state index in [4.69, 9.17) is 17.0 Å². The number of aromatic nitrogens is 2. The Morgan fingerprint density at radius 1 is 1.11 bits per heavy atom. The third-order valence-electron chi connectivity index (χ3n) is 5.67. The molecule has 3 aromatic rings. The SMILES string of the molecule is COc1ccc(/C=C2/SC(=O)N(CCC(=O)Nc3c(C)n(C)n(-c4ccccc4)c3=O)C2=S)cc1. The Hall–Kier alpha value is -3.63. The fourth-order valence-electron chi connectivity index (χ4n) is 3.67. The molecule has 1 aromatic heterocycles. The number of hydrogen-bond acceptors (Lipinski definition) is 6. The van der Waals surface area contributed by atoms with Crippen LogP contribution in [0.2, 0.25) is 0 Å². The number of thioether (sulfide) groups is 1. The molecule has 0 atom stereocenters. The summed E-state index contributed by atoms with van der Waals surface area (Å²) in [7, 11) is 3.36. The van der Waals surface area contributed by atoms with Gasteiger partial charge < -0.3 is 10.1 Å². The number of nitrogens with one attached hydrogen (secondary N) is 1. The van der Waals surface area contributed by atoms with Crippen LogP contribution in [0, 0.1) is 6.92 Å².